The van der Waals surface area contributed by atoms with Crippen LogP contribution in [-0.2, 0) is 17.6 Å². The molecule has 1 heterocycles. The van der Waals surface area contributed by atoms with E-state index in [0.29, 0.717) is 31.6 Å². The maximum atomic E-state index is 13.1. The van der Waals surface area contributed by atoms with Crippen LogP contribution in [0.2, 0.25) is 0 Å². The first-order chi connectivity index (χ1) is 7.22. The van der Waals surface area contributed by atoms with Crippen LogP contribution >= 0.6 is 0 Å². The first kappa shape index (κ1) is 10.1. The van der Waals surface area contributed by atoms with E-state index in [1.54, 1.807) is 6.92 Å². The molecule has 2 rings (SSSR count). The van der Waals surface area contributed by atoms with Crippen molar-refractivity contribution in [1.29, 1.82) is 0 Å². The molecule has 4 nitrogen and oxygen atoms in total. The molecule has 5 heteroatoms. The number of carbonyl (C=O) groups is 1. The van der Waals surface area contributed by atoms with Gasteiger partial charge in [-0.1, -0.05) is 0 Å². The van der Waals surface area contributed by atoms with Crippen molar-refractivity contribution in [2.24, 2.45) is 0 Å². The normalized spacial score (nSPS) is 19.7. The average molecular weight is 212 g/mol. The summed E-state index contributed by atoms with van der Waals surface area (Å²) in [6, 6.07) is 0. The number of esters is 1. The molecule has 1 aliphatic carbocycles. The molecule has 0 amide bonds. The molecular weight excluding hydrogens is 199 g/mol. The Bertz CT molecular complexity index is 375. The van der Waals surface area contributed by atoms with Crippen molar-refractivity contribution in [1.82, 2.24) is 10.2 Å². The standard InChI is InChI=1S/C10H13FN2O2/c1-2-15-10(14)9-7-4-3-6(11)5-8(7)12-13-9/h6H,2-5H2,1H3,(H,12,13). The third kappa shape index (κ3) is 1.86. The second-order valence-corrected chi connectivity index (χ2v) is 3.59. The van der Waals surface area contributed by atoms with Gasteiger partial charge < -0.3 is 4.74 Å². The van der Waals surface area contributed by atoms with E-state index in [9.17, 15) is 9.18 Å². The molecule has 0 saturated heterocycles. The highest BCUT2D eigenvalue weighted by molar-refractivity contribution is 5.89. The van der Waals surface area contributed by atoms with Crippen LogP contribution in [0.5, 0.6) is 0 Å². The molecule has 1 N–H and O–H groups in total. The molecule has 0 fully saturated rings. The lowest BCUT2D eigenvalue weighted by Crippen LogP contribution is -2.16. The molecule has 1 atom stereocenters. The first-order valence-corrected chi connectivity index (χ1v) is 5.09. The number of fused-ring (bicyclic) bond motifs is 1. The Hall–Kier alpha value is -1.39. The third-order valence-electron chi connectivity index (χ3n) is 2.55. The van der Waals surface area contributed by atoms with E-state index in [2.05, 4.69) is 10.2 Å². The number of rotatable bonds is 2. The number of aromatic nitrogens is 2. The number of ether oxygens (including phenoxy) is 1. The Kier molecular flexibility index (Phi) is 2.70. The van der Waals surface area contributed by atoms with Crippen molar-refractivity contribution in [3.8, 4) is 0 Å². The number of hydrogen-bond donors (Lipinski definition) is 1. The van der Waals surface area contributed by atoms with Gasteiger partial charge in [-0.3, -0.25) is 5.10 Å². The lowest BCUT2D eigenvalue weighted by molar-refractivity contribution is 0.0517. The minimum absolute atomic E-state index is 0.318. The lowest BCUT2D eigenvalue weighted by Gasteiger charge is -2.14. The zero-order chi connectivity index (χ0) is 10.8. The Morgan fingerprint density at radius 3 is 3.27 bits per heavy atom. The fraction of sp³-hybridized carbons (Fsp3) is 0.600. The van der Waals surface area contributed by atoms with Gasteiger partial charge in [-0.15, -0.1) is 0 Å². The summed E-state index contributed by atoms with van der Waals surface area (Å²) in [6.45, 7) is 2.07. The number of carbonyl (C=O) groups excluding carboxylic acids is 1. The number of aromatic amines is 1. The minimum atomic E-state index is -0.826. The van der Waals surface area contributed by atoms with Crippen LogP contribution in [-0.4, -0.2) is 28.9 Å². The lowest BCUT2D eigenvalue weighted by atomic mass is 9.94. The zero-order valence-electron chi connectivity index (χ0n) is 8.55. The molecule has 1 aromatic heterocycles. The SMILES string of the molecule is CCOC(=O)c1n[nH]c2c1CCC(F)C2. The van der Waals surface area contributed by atoms with E-state index < -0.39 is 12.1 Å². The van der Waals surface area contributed by atoms with Crippen LogP contribution in [0, 0.1) is 0 Å². The number of nitrogens with zero attached hydrogens (tertiary/aromatic N) is 1. The Morgan fingerprint density at radius 1 is 1.73 bits per heavy atom. The van der Waals surface area contributed by atoms with Crippen LogP contribution in [0.1, 0.15) is 35.1 Å². The van der Waals surface area contributed by atoms with Crippen LogP contribution < -0.4 is 0 Å². The maximum absolute atomic E-state index is 13.1. The van der Waals surface area contributed by atoms with E-state index >= 15 is 0 Å². The second-order valence-electron chi connectivity index (χ2n) is 3.59. The summed E-state index contributed by atoms with van der Waals surface area (Å²) in [7, 11) is 0. The van der Waals surface area contributed by atoms with Crippen LogP contribution in [0.25, 0.3) is 0 Å². The number of alkyl halides is 1. The number of H-pyrrole nitrogens is 1. The van der Waals surface area contributed by atoms with Gasteiger partial charge in [0.05, 0.1) is 6.61 Å². The molecular formula is C10H13FN2O2. The van der Waals surface area contributed by atoms with Crippen LogP contribution in [0.4, 0.5) is 4.39 Å². The number of hydrogen-bond acceptors (Lipinski definition) is 3. The molecule has 1 aromatic rings. The summed E-state index contributed by atoms with van der Waals surface area (Å²) >= 11 is 0. The third-order valence-corrected chi connectivity index (χ3v) is 2.55. The van der Waals surface area contributed by atoms with Crippen molar-refractivity contribution in [3.63, 3.8) is 0 Å². The van der Waals surface area contributed by atoms with Gasteiger partial charge in [0.25, 0.3) is 0 Å². The van der Waals surface area contributed by atoms with Gasteiger partial charge in [0, 0.05) is 17.7 Å². The Morgan fingerprint density at radius 2 is 2.53 bits per heavy atom. The molecule has 0 bridgehead atoms. The number of halogens is 1. The van der Waals surface area contributed by atoms with Crippen molar-refractivity contribution < 1.29 is 13.9 Å². The van der Waals surface area contributed by atoms with Gasteiger partial charge >= 0.3 is 5.97 Å². The van der Waals surface area contributed by atoms with Gasteiger partial charge in [0.2, 0.25) is 0 Å². The summed E-state index contributed by atoms with van der Waals surface area (Å²) in [4.78, 5) is 11.5. The molecule has 0 saturated carbocycles. The van der Waals surface area contributed by atoms with Crippen molar-refractivity contribution >= 4 is 5.97 Å². The Balaban J connectivity index is 2.24. The Labute approximate surface area is 86.8 Å². The summed E-state index contributed by atoms with van der Waals surface area (Å²) in [5.74, 6) is -0.424. The van der Waals surface area contributed by atoms with E-state index in [-0.39, 0.29) is 0 Å². The molecule has 0 spiro atoms. The fourth-order valence-electron chi connectivity index (χ4n) is 1.83. The highest BCUT2D eigenvalue weighted by Crippen LogP contribution is 2.24. The van der Waals surface area contributed by atoms with Crippen molar-refractivity contribution in [2.45, 2.75) is 32.4 Å². The minimum Gasteiger partial charge on any atom is -0.461 e. The predicted molar refractivity (Wildman–Crippen MR) is 51.5 cm³/mol. The summed E-state index contributed by atoms with van der Waals surface area (Å²) < 4.78 is 17.9. The molecule has 0 aromatic carbocycles. The van der Waals surface area contributed by atoms with E-state index in [4.69, 9.17) is 4.74 Å². The summed E-state index contributed by atoms with van der Waals surface area (Å²) in [5.41, 5.74) is 1.87. The molecule has 0 aliphatic heterocycles. The quantitative estimate of drug-likeness (QED) is 0.754. The first-order valence-electron chi connectivity index (χ1n) is 5.09. The smallest absolute Gasteiger partial charge is 0.359 e. The monoisotopic (exact) mass is 212 g/mol. The molecule has 82 valence electrons. The zero-order valence-corrected chi connectivity index (χ0v) is 8.55. The average Bonchev–Trinajstić information content (AvgIpc) is 2.60. The fourth-order valence-corrected chi connectivity index (χ4v) is 1.83. The molecule has 0 radical (unpaired) electrons. The van der Waals surface area contributed by atoms with Gasteiger partial charge in [-0.05, 0) is 19.8 Å². The highest BCUT2D eigenvalue weighted by Gasteiger charge is 2.26. The van der Waals surface area contributed by atoms with Crippen molar-refractivity contribution in [2.75, 3.05) is 6.61 Å². The van der Waals surface area contributed by atoms with E-state index in [0.717, 1.165) is 11.3 Å². The molecule has 1 aliphatic rings. The summed E-state index contributed by atoms with van der Waals surface area (Å²) in [6.07, 6.45) is 0.509. The van der Waals surface area contributed by atoms with Crippen LogP contribution in [0.3, 0.4) is 0 Å². The van der Waals surface area contributed by atoms with E-state index in [1.807, 2.05) is 0 Å². The summed E-state index contributed by atoms with van der Waals surface area (Å²) in [5, 5.41) is 6.59. The topological polar surface area (TPSA) is 55.0 Å². The largest absolute Gasteiger partial charge is 0.461 e. The second kappa shape index (κ2) is 4.00. The van der Waals surface area contributed by atoms with Gasteiger partial charge in [-0.25, -0.2) is 9.18 Å². The van der Waals surface area contributed by atoms with Gasteiger partial charge in [-0.2, -0.15) is 5.10 Å². The van der Waals surface area contributed by atoms with Crippen LogP contribution in [0.15, 0.2) is 0 Å². The van der Waals surface area contributed by atoms with E-state index in [1.165, 1.54) is 0 Å². The predicted octanol–water partition coefficient (Wildman–Crippen LogP) is 1.41. The maximum Gasteiger partial charge on any atom is 0.359 e. The van der Waals surface area contributed by atoms with Gasteiger partial charge in [0.15, 0.2) is 5.69 Å². The molecule has 1 unspecified atom stereocenters. The van der Waals surface area contributed by atoms with Gasteiger partial charge in [0.1, 0.15) is 6.17 Å². The van der Waals surface area contributed by atoms with Crippen molar-refractivity contribution in [3.05, 3.63) is 17.0 Å². The molecule has 15 heavy (non-hydrogen) atoms. The number of nitrogens with one attached hydrogen (secondary N) is 1. The highest BCUT2D eigenvalue weighted by atomic mass is 19.1.